The van der Waals surface area contributed by atoms with Crippen LogP contribution >= 0.6 is 11.6 Å². The van der Waals surface area contributed by atoms with Crippen LogP contribution in [-0.4, -0.2) is 38.2 Å². The van der Waals surface area contributed by atoms with E-state index in [2.05, 4.69) is 10.1 Å². The second kappa shape index (κ2) is 5.09. The molecule has 1 saturated heterocycles. The molecule has 100 valence electrons. The number of hydrogen-bond acceptors (Lipinski definition) is 2. The molecule has 5 nitrogen and oxygen atoms in total. The fourth-order valence-electron chi connectivity index (χ4n) is 2.56. The molecule has 1 unspecified atom stereocenters. The highest BCUT2D eigenvalue weighted by Crippen LogP contribution is 2.22. The van der Waals surface area contributed by atoms with E-state index in [-0.39, 0.29) is 11.9 Å². The highest BCUT2D eigenvalue weighted by molar-refractivity contribution is 6.30. The van der Waals surface area contributed by atoms with Crippen molar-refractivity contribution in [3.63, 3.8) is 0 Å². The molecule has 1 amide bonds. The molecular weight excluding hydrogens is 264 g/mol. The Morgan fingerprint density at radius 3 is 3.16 bits per heavy atom. The molecule has 19 heavy (non-hydrogen) atoms. The molecule has 0 aromatic carbocycles. The molecule has 0 spiro atoms. The van der Waals surface area contributed by atoms with E-state index in [0.717, 1.165) is 25.9 Å². The number of nitrogens with one attached hydrogen (secondary N) is 1. The molecule has 2 aromatic heterocycles. The van der Waals surface area contributed by atoms with Gasteiger partial charge < -0.3 is 9.88 Å². The Morgan fingerprint density at radius 1 is 1.58 bits per heavy atom. The summed E-state index contributed by atoms with van der Waals surface area (Å²) in [5.41, 5.74) is 0.553. The first-order valence-corrected chi connectivity index (χ1v) is 6.74. The Kier molecular flexibility index (Phi) is 3.29. The van der Waals surface area contributed by atoms with Crippen molar-refractivity contribution < 1.29 is 4.79 Å². The lowest BCUT2D eigenvalue weighted by Gasteiger charge is -2.24. The summed E-state index contributed by atoms with van der Waals surface area (Å²) in [6.07, 6.45) is 7.36. The van der Waals surface area contributed by atoms with E-state index in [1.54, 1.807) is 18.5 Å². The molecule has 1 atom stereocenters. The maximum Gasteiger partial charge on any atom is 0.270 e. The van der Waals surface area contributed by atoms with Gasteiger partial charge in [-0.3, -0.25) is 9.48 Å². The van der Waals surface area contributed by atoms with Crippen molar-refractivity contribution in [3.05, 3.63) is 41.4 Å². The Labute approximate surface area is 116 Å². The van der Waals surface area contributed by atoms with E-state index in [1.165, 1.54) is 0 Å². The number of aromatic nitrogens is 3. The van der Waals surface area contributed by atoms with Gasteiger partial charge in [0.15, 0.2) is 0 Å². The van der Waals surface area contributed by atoms with E-state index in [0.29, 0.717) is 10.7 Å². The quantitative estimate of drug-likeness (QED) is 0.935. The zero-order valence-electron chi connectivity index (χ0n) is 10.4. The summed E-state index contributed by atoms with van der Waals surface area (Å²) in [6, 6.07) is 3.77. The molecular formula is C13H15ClN4O. The fraction of sp³-hybridized carbons (Fsp3) is 0.385. The number of rotatable bonds is 3. The van der Waals surface area contributed by atoms with Crippen LogP contribution in [0, 0.1) is 0 Å². The van der Waals surface area contributed by atoms with Gasteiger partial charge >= 0.3 is 0 Å². The van der Waals surface area contributed by atoms with Crippen LogP contribution in [-0.2, 0) is 6.54 Å². The number of H-pyrrole nitrogens is 1. The Balaban J connectivity index is 1.74. The number of carbonyl (C=O) groups excluding carboxylic acids is 1. The third-order valence-corrected chi connectivity index (χ3v) is 3.69. The Morgan fingerprint density at radius 2 is 2.47 bits per heavy atom. The molecule has 0 bridgehead atoms. The van der Waals surface area contributed by atoms with Crippen LogP contribution in [0.5, 0.6) is 0 Å². The lowest BCUT2D eigenvalue weighted by Crippen LogP contribution is -2.38. The number of carbonyl (C=O) groups is 1. The van der Waals surface area contributed by atoms with Crippen molar-refractivity contribution in [3.8, 4) is 0 Å². The van der Waals surface area contributed by atoms with Crippen molar-refractivity contribution in [2.75, 3.05) is 6.54 Å². The van der Waals surface area contributed by atoms with Crippen LogP contribution in [0.4, 0.5) is 0 Å². The summed E-state index contributed by atoms with van der Waals surface area (Å²) < 4.78 is 1.87. The van der Waals surface area contributed by atoms with Crippen LogP contribution in [0.2, 0.25) is 5.02 Å². The fourth-order valence-corrected chi connectivity index (χ4v) is 2.73. The predicted octanol–water partition coefficient (Wildman–Crippen LogP) is 2.17. The maximum absolute atomic E-state index is 12.4. The highest BCUT2D eigenvalue weighted by atomic mass is 35.5. The largest absolute Gasteiger partial charge is 0.356 e. The van der Waals surface area contributed by atoms with Gasteiger partial charge in [-0.05, 0) is 25.0 Å². The van der Waals surface area contributed by atoms with Crippen LogP contribution in [0.15, 0.2) is 30.7 Å². The van der Waals surface area contributed by atoms with Gasteiger partial charge in [0.1, 0.15) is 5.69 Å². The SMILES string of the molecule is O=C(c1cc(Cl)c[nH]1)N1CCCC1Cn1cccn1. The van der Waals surface area contributed by atoms with Crippen LogP contribution in [0.1, 0.15) is 23.3 Å². The number of nitrogens with zero attached hydrogens (tertiary/aromatic N) is 3. The summed E-state index contributed by atoms with van der Waals surface area (Å²) in [5, 5.41) is 4.76. The molecule has 0 radical (unpaired) electrons. The molecule has 6 heteroatoms. The van der Waals surface area contributed by atoms with Gasteiger partial charge in [-0.25, -0.2) is 0 Å². The molecule has 1 N–H and O–H groups in total. The number of amides is 1. The van der Waals surface area contributed by atoms with E-state index in [4.69, 9.17) is 11.6 Å². The number of halogens is 1. The van der Waals surface area contributed by atoms with E-state index in [9.17, 15) is 4.79 Å². The lowest BCUT2D eigenvalue weighted by molar-refractivity contribution is 0.0716. The summed E-state index contributed by atoms with van der Waals surface area (Å²) in [5.74, 6) is 0.0153. The van der Waals surface area contributed by atoms with Gasteiger partial charge in [-0.2, -0.15) is 5.10 Å². The molecule has 1 aliphatic heterocycles. The standard InChI is InChI=1S/C13H15ClN4O/c14-10-7-12(15-8-10)13(19)18-6-1-3-11(18)9-17-5-2-4-16-17/h2,4-5,7-8,11,15H,1,3,6,9H2. The van der Waals surface area contributed by atoms with Gasteiger partial charge in [0.2, 0.25) is 0 Å². The van der Waals surface area contributed by atoms with Gasteiger partial charge in [-0.1, -0.05) is 11.6 Å². The van der Waals surface area contributed by atoms with E-state index < -0.39 is 0 Å². The normalized spacial score (nSPS) is 19.0. The zero-order chi connectivity index (χ0) is 13.2. The Hall–Kier alpha value is -1.75. The van der Waals surface area contributed by atoms with Crippen LogP contribution in [0.25, 0.3) is 0 Å². The first-order valence-electron chi connectivity index (χ1n) is 6.36. The monoisotopic (exact) mass is 278 g/mol. The predicted molar refractivity (Wildman–Crippen MR) is 72.1 cm³/mol. The second-order valence-electron chi connectivity index (χ2n) is 4.75. The molecule has 3 heterocycles. The first kappa shape index (κ1) is 12.3. The topological polar surface area (TPSA) is 53.9 Å². The van der Waals surface area contributed by atoms with Gasteiger partial charge in [-0.15, -0.1) is 0 Å². The summed E-state index contributed by atoms with van der Waals surface area (Å²) >= 11 is 5.85. The number of likely N-dealkylation sites (tertiary alicyclic amines) is 1. The summed E-state index contributed by atoms with van der Waals surface area (Å²) in [7, 11) is 0. The van der Waals surface area contributed by atoms with Crippen molar-refractivity contribution in [1.82, 2.24) is 19.7 Å². The van der Waals surface area contributed by atoms with Gasteiger partial charge in [0.05, 0.1) is 17.6 Å². The van der Waals surface area contributed by atoms with Crippen molar-refractivity contribution in [2.45, 2.75) is 25.4 Å². The smallest absolute Gasteiger partial charge is 0.270 e. The molecule has 0 saturated carbocycles. The molecule has 0 aliphatic carbocycles. The molecule has 3 rings (SSSR count). The zero-order valence-corrected chi connectivity index (χ0v) is 11.2. The minimum atomic E-state index is 0.0153. The lowest BCUT2D eigenvalue weighted by atomic mass is 10.2. The minimum absolute atomic E-state index is 0.0153. The van der Waals surface area contributed by atoms with E-state index >= 15 is 0 Å². The van der Waals surface area contributed by atoms with Crippen molar-refractivity contribution in [1.29, 1.82) is 0 Å². The van der Waals surface area contributed by atoms with Crippen molar-refractivity contribution in [2.24, 2.45) is 0 Å². The van der Waals surface area contributed by atoms with Crippen LogP contribution < -0.4 is 0 Å². The number of aromatic amines is 1. The maximum atomic E-state index is 12.4. The third-order valence-electron chi connectivity index (χ3n) is 3.47. The van der Waals surface area contributed by atoms with Gasteiger partial charge in [0, 0.05) is 25.1 Å². The second-order valence-corrected chi connectivity index (χ2v) is 5.19. The molecule has 2 aromatic rings. The summed E-state index contributed by atoms with van der Waals surface area (Å²) in [4.78, 5) is 17.2. The van der Waals surface area contributed by atoms with E-state index in [1.807, 2.05) is 21.8 Å². The average Bonchev–Trinajstić information content (AvgIpc) is 3.10. The minimum Gasteiger partial charge on any atom is -0.356 e. The van der Waals surface area contributed by atoms with Gasteiger partial charge in [0.25, 0.3) is 5.91 Å². The van der Waals surface area contributed by atoms with Crippen LogP contribution in [0.3, 0.4) is 0 Å². The first-order chi connectivity index (χ1) is 9.24. The average molecular weight is 279 g/mol. The Bertz CT molecular complexity index is 563. The third kappa shape index (κ3) is 2.51. The summed E-state index contributed by atoms with van der Waals surface area (Å²) in [6.45, 7) is 1.54. The van der Waals surface area contributed by atoms with Crippen molar-refractivity contribution >= 4 is 17.5 Å². The number of hydrogen-bond donors (Lipinski definition) is 1. The molecule has 1 fully saturated rings. The molecule has 1 aliphatic rings. The highest BCUT2D eigenvalue weighted by Gasteiger charge is 2.30.